The predicted octanol–water partition coefficient (Wildman–Crippen LogP) is 2.15. The van der Waals surface area contributed by atoms with Crippen molar-refractivity contribution in [2.45, 2.75) is 13.5 Å². The number of anilines is 1. The molecule has 0 saturated heterocycles. The first kappa shape index (κ1) is 20.6. The number of rotatable bonds is 6. The van der Waals surface area contributed by atoms with Crippen LogP contribution in [0.5, 0.6) is 0 Å². The number of nitro benzene ring substituents is 1. The summed E-state index contributed by atoms with van der Waals surface area (Å²) in [5.74, 6) is -0.593. The SMILES string of the molecule is CCn1nc(C(=O)N/N=C\c2ccc(N(C)C)c([N+](=O)[O-])c2)c2ccccc2c1=O. The zero-order valence-corrected chi connectivity index (χ0v) is 16.7. The van der Waals surface area contributed by atoms with Crippen LogP contribution >= 0.6 is 0 Å². The van der Waals surface area contributed by atoms with Crippen molar-refractivity contribution in [1.29, 1.82) is 0 Å². The lowest BCUT2D eigenvalue weighted by Gasteiger charge is -2.12. The largest absolute Gasteiger partial charge is 0.372 e. The molecule has 2 aromatic carbocycles. The molecule has 1 aromatic heterocycles. The maximum Gasteiger partial charge on any atom is 0.293 e. The smallest absolute Gasteiger partial charge is 0.293 e. The third-order valence-electron chi connectivity index (χ3n) is 4.44. The lowest BCUT2D eigenvalue weighted by molar-refractivity contribution is -0.384. The quantitative estimate of drug-likeness (QED) is 0.379. The minimum absolute atomic E-state index is 0.0677. The number of hydrazone groups is 1. The third kappa shape index (κ3) is 4.02. The summed E-state index contributed by atoms with van der Waals surface area (Å²) in [6.45, 7) is 2.07. The number of hydrogen-bond acceptors (Lipinski definition) is 7. The fraction of sp³-hybridized carbons (Fsp3) is 0.200. The van der Waals surface area contributed by atoms with E-state index in [2.05, 4.69) is 15.6 Å². The average Bonchev–Trinajstić information content (AvgIpc) is 2.73. The van der Waals surface area contributed by atoms with E-state index >= 15 is 0 Å². The standard InChI is InChI=1S/C20H20N6O4/c1-4-25-20(28)15-8-6-5-7-14(15)18(23-25)19(27)22-21-12-13-9-10-16(24(2)3)17(11-13)26(29)30/h5-12H,4H2,1-3H3,(H,22,27)/b21-12-. The molecule has 0 bridgehead atoms. The minimum Gasteiger partial charge on any atom is -0.372 e. The summed E-state index contributed by atoms with van der Waals surface area (Å²) < 4.78 is 1.21. The molecule has 154 valence electrons. The summed E-state index contributed by atoms with van der Waals surface area (Å²) in [7, 11) is 3.42. The second-order valence-electron chi connectivity index (χ2n) is 6.61. The molecule has 0 atom stereocenters. The van der Waals surface area contributed by atoms with Crippen LogP contribution in [-0.4, -0.2) is 40.9 Å². The van der Waals surface area contributed by atoms with Crippen molar-refractivity contribution in [2.24, 2.45) is 5.10 Å². The van der Waals surface area contributed by atoms with Gasteiger partial charge in [-0.3, -0.25) is 19.7 Å². The van der Waals surface area contributed by atoms with Gasteiger partial charge in [0, 0.05) is 37.7 Å². The van der Waals surface area contributed by atoms with Gasteiger partial charge in [0.2, 0.25) is 0 Å². The maximum atomic E-state index is 12.6. The number of nitro groups is 1. The fourth-order valence-corrected chi connectivity index (χ4v) is 2.98. The van der Waals surface area contributed by atoms with E-state index in [1.165, 1.54) is 17.0 Å². The molecule has 0 fully saturated rings. The summed E-state index contributed by atoms with van der Waals surface area (Å²) in [4.78, 5) is 37.5. The molecule has 30 heavy (non-hydrogen) atoms. The van der Waals surface area contributed by atoms with Gasteiger partial charge in [0.25, 0.3) is 17.2 Å². The van der Waals surface area contributed by atoms with E-state index in [1.807, 2.05) is 0 Å². The highest BCUT2D eigenvalue weighted by molar-refractivity contribution is 6.05. The van der Waals surface area contributed by atoms with Crippen LogP contribution in [-0.2, 0) is 6.54 Å². The lowest BCUT2D eigenvalue weighted by Crippen LogP contribution is -2.28. The normalized spacial score (nSPS) is 11.0. The Bertz CT molecular complexity index is 1220. The number of aromatic nitrogens is 2. The molecule has 0 spiro atoms. The molecule has 1 amide bonds. The van der Waals surface area contributed by atoms with Crippen LogP contribution in [0.25, 0.3) is 10.8 Å². The molecular weight excluding hydrogens is 388 g/mol. The van der Waals surface area contributed by atoms with E-state index in [1.54, 1.807) is 62.3 Å². The van der Waals surface area contributed by atoms with Crippen molar-refractivity contribution in [3.05, 3.63) is 74.2 Å². The van der Waals surface area contributed by atoms with Crippen molar-refractivity contribution in [3.8, 4) is 0 Å². The Balaban J connectivity index is 1.89. The summed E-state index contributed by atoms with van der Waals surface area (Å²) in [6.07, 6.45) is 1.31. The van der Waals surface area contributed by atoms with Crippen molar-refractivity contribution >= 4 is 34.3 Å². The molecule has 0 unspecified atom stereocenters. The van der Waals surface area contributed by atoms with Gasteiger partial charge in [-0.15, -0.1) is 0 Å². The van der Waals surface area contributed by atoms with Gasteiger partial charge in [-0.05, 0) is 19.1 Å². The topological polar surface area (TPSA) is 123 Å². The van der Waals surface area contributed by atoms with Crippen LogP contribution in [0.3, 0.4) is 0 Å². The van der Waals surface area contributed by atoms with Crippen LogP contribution in [0.2, 0.25) is 0 Å². The Morgan fingerprint density at radius 1 is 1.27 bits per heavy atom. The number of amides is 1. The Labute approximate surface area is 171 Å². The van der Waals surface area contributed by atoms with Gasteiger partial charge in [0.05, 0.1) is 16.5 Å². The van der Waals surface area contributed by atoms with Gasteiger partial charge >= 0.3 is 0 Å². The predicted molar refractivity (Wildman–Crippen MR) is 114 cm³/mol. The lowest BCUT2D eigenvalue weighted by atomic mass is 10.1. The third-order valence-corrected chi connectivity index (χ3v) is 4.44. The molecule has 0 aliphatic rings. The van der Waals surface area contributed by atoms with E-state index in [0.29, 0.717) is 28.6 Å². The molecule has 0 aliphatic carbocycles. The van der Waals surface area contributed by atoms with E-state index in [-0.39, 0.29) is 16.9 Å². The van der Waals surface area contributed by atoms with Crippen molar-refractivity contribution in [1.82, 2.24) is 15.2 Å². The number of hydrogen-bond donors (Lipinski definition) is 1. The van der Waals surface area contributed by atoms with Gasteiger partial charge < -0.3 is 4.90 Å². The highest BCUT2D eigenvalue weighted by atomic mass is 16.6. The van der Waals surface area contributed by atoms with Crippen LogP contribution in [0.4, 0.5) is 11.4 Å². The molecule has 1 heterocycles. The zero-order valence-electron chi connectivity index (χ0n) is 16.7. The summed E-state index contributed by atoms with van der Waals surface area (Å²) in [5.41, 5.74) is 2.99. The van der Waals surface area contributed by atoms with Crippen molar-refractivity contribution in [3.63, 3.8) is 0 Å². The highest BCUT2D eigenvalue weighted by Gasteiger charge is 2.17. The van der Waals surface area contributed by atoms with Crippen LogP contribution in [0.1, 0.15) is 23.0 Å². The molecule has 3 aromatic rings. The zero-order chi connectivity index (χ0) is 21.8. The molecule has 0 saturated carbocycles. The van der Waals surface area contributed by atoms with Crippen LogP contribution < -0.4 is 15.9 Å². The second-order valence-corrected chi connectivity index (χ2v) is 6.61. The van der Waals surface area contributed by atoms with E-state index in [9.17, 15) is 19.7 Å². The number of nitrogens with one attached hydrogen (secondary N) is 1. The minimum atomic E-state index is -0.593. The van der Waals surface area contributed by atoms with Gasteiger partial charge in [-0.2, -0.15) is 10.2 Å². The maximum absolute atomic E-state index is 12.6. The number of carbonyl (C=O) groups excluding carboxylic acids is 1. The monoisotopic (exact) mass is 408 g/mol. The molecular formula is C20H20N6O4. The van der Waals surface area contributed by atoms with Crippen molar-refractivity contribution < 1.29 is 9.72 Å². The summed E-state index contributed by atoms with van der Waals surface area (Å²) in [6, 6.07) is 11.3. The summed E-state index contributed by atoms with van der Waals surface area (Å²) >= 11 is 0. The average molecular weight is 408 g/mol. The number of nitrogens with zero attached hydrogens (tertiary/aromatic N) is 5. The molecule has 0 radical (unpaired) electrons. The van der Waals surface area contributed by atoms with Crippen LogP contribution in [0.15, 0.2) is 52.4 Å². The fourth-order valence-electron chi connectivity index (χ4n) is 2.98. The van der Waals surface area contributed by atoms with Gasteiger partial charge in [-0.25, -0.2) is 10.1 Å². The summed E-state index contributed by atoms with van der Waals surface area (Å²) in [5, 5.41) is 20.1. The molecule has 10 heteroatoms. The first-order valence-corrected chi connectivity index (χ1v) is 9.12. The number of fused-ring (bicyclic) bond motifs is 1. The van der Waals surface area contributed by atoms with Gasteiger partial charge in [-0.1, -0.05) is 24.3 Å². The van der Waals surface area contributed by atoms with Gasteiger partial charge in [0.15, 0.2) is 5.69 Å². The number of carbonyl (C=O) groups is 1. The van der Waals surface area contributed by atoms with Gasteiger partial charge in [0.1, 0.15) is 5.69 Å². The number of benzene rings is 2. The first-order chi connectivity index (χ1) is 14.3. The molecule has 10 nitrogen and oxygen atoms in total. The Morgan fingerprint density at radius 3 is 2.60 bits per heavy atom. The Kier molecular flexibility index (Phi) is 5.86. The highest BCUT2D eigenvalue weighted by Crippen LogP contribution is 2.27. The Morgan fingerprint density at radius 2 is 1.97 bits per heavy atom. The van der Waals surface area contributed by atoms with Crippen molar-refractivity contribution in [2.75, 3.05) is 19.0 Å². The second kappa shape index (κ2) is 8.52. The van der Waals surface area contributed by atoms with Crippen LogP contribution in [0, 0.1) is 10.1 Å². The van der Waals surface area contributed by atoms with E-state index in [0.717, 1.165) is 0 Å². The van der Waals surface area contributed by atoms with E-state index < -0.39 is 10.8 Å². The molecule has 3 rings (SSSR count). The molecule has 0 aliphatic heterocycles. The van der Waals surface area contributed by atoms with E-state index in [4.69, 9.17) is 0 Å². The number of aryl methyl sites for hydroxylation is 1. The Hall–Kier alpha value is -4.08. The first-order valence-electron chi connectivity index (χ1n) is 9.12. The molecule has 1 N–H and O–H groups in total.